The van der Waals surface area contributed by atoms with Crippen LogP contribution in [-0.4, -0.2) is 74.8 Å². The van der Waals surface area contributed by atoms with Crippen LogP contribution in [0.15, 0.2) is 109 Å². The lowest BCUT2D eigenvalue weighted by Gasteiger charge is -2.19. The number of aromatic nitrogens is 2. The molecule has 2 aromatic heterocycles. The number of hydrogen-bond donors (Lipinski definition) is 0. The third-order valence-electron chi connectivity index (χ3n) is 10.2. The van der Waals surface area contributed by atoms with E-state index >= 15 is 0 Å². The molecule has 12 heteroatoms. The number of benzene rings is 4. The van der Waals surface area contributed by atoms with Crippen molar-refractivity contribution in [3.05, 3.63) is 143 Å². The molecule has 3 heterocycles. The van der Waals surface area contributed by atoms with Crippen molar-refractivity contribution in [2.75, 3.05) is 13.2 Å². The van der Waals surface area contributed by atoms with E-state index in [1.54, 1.807) is 54.7 Å². The molecule has 57 heavy (non-hydrogen) atoms. The molecule has 0 radical (unpaired) electrons. The second kappa shape index (κ2) is 16.2. The van der Waals surface area contributed by atoms with Crippen LogP contribution in [0.25, 0.3) is 21.8 Å². The molecular weight excluding hydrogens is 727 g/mol. The molecule has 1 fully saturated rings. The van der Waals surface area contributed by atoms with Gasteiger partial charge in [-0.3, -0.25) is 28.6 Å². The second-order valence-electron chi connectivity index (χ2n) is 14.3. The molecule has 3 atom stereocenters. The second-order valence-corrected chi connectivity index (χ2v) is 14.3. The Labute approximate surface area is 328 Å². The first-order valence-corrected chi connectivity index (χ1v) is 18.6. The van der Waals surface area contributed by atoms with Crippen molar-refractivity contribution in [3.8, 4) is 0 Å². The monoisotopic (exact) mass is 767 g/mol. The van der Waals surface area contributed by atoms with Gasteiger partial charge in [0.1, 0.15) is 25.0 Å². The largest absolute Gasteiger partial charge is 0.459 e. The number of ether oxygens (including phenoxy) is 3. The van der Waals surface area contributed by atoms with Gasteiger partial charge in [0, 0.05) is 49.0 Å². The van der Waals surface area contributed by atoms with Gasteiger partial charge in [0.25, 0.3) is 0 Å². The van der Waals surface area contributed by atoms with Crippen LogP contribution in [0.5, 0.6) is 0 Å². The molecule has 6 aromatic rings. The number of ketones is 1. The molecule has 12 nitrogen and oxygen atoms in total. The Morgan fingerprint density at radius 3 is 1.96 bits per heavy atom. The summed E-state index contributed by atoms with van der Waals surface area (Å²) >= 11 is 0. The Bertz CT molecular complexity index is 2530. The summed E-state index contributed by atoms with van der Waals surface area (Å²) in [6.45, 7) is 5.75. The number of fused-ring (bicyclic) bond motifs is 2. The number of hydrogen-bond acceptors (Lipinski definition) is 9. The number of esters is 2. The van der Waals surface area contributed by atoms with Gasteiger partial charge in [0.2, 0.25) is 17.7 Å². The topological polar surface area (TPSA) is 143 Å². The third-order valence-corrected chi connectivity index (χ3v) is 10.2. The number of imide groups is 1. The summed E-state index contributed by atoms with van der Waals surface area (Å²) in [7, 11) is 0. The SMILES string of the molecule is CC(=O)N(CC(=O)c1cn(C(C)=O)c2ccccc12)C(=O)Cc1cn([C@H]2C[C@H](OC(=O)c3ccc(C)cc3)[C@@H](COC(=O)c3ccc(C)cc3)O2)c2ccccc12. The van der Waals surface area contributed by atoms with Crippen molar-refractivity contribution < 1.29 is 43.0 Å². The molecule has 290 valence electrons. The average molecular weight is 768 g/mol. The molecule has 1 aliphatic rings. The number of aryl methyl sites for hydroxylation is 2. The quantitative estimate of drug-likeness (QED) is 0.100. The van der Waals surface area contributed by atoms with Gasteiger partial charge in [-0.05, 0) is 55.8 Å². The highest BCUT2D eigenvalue weighted by Gasteiger charge is 2.41. The zero-order valence-electron chi connectivity index (χ0n) is 32.0. The molecular formula is C45H41N3O9. The van der Waals surface area contributed by atoms with Crippen LogP contribution in [0.1, 0.15) is 79.1 Å². The summed E-state index contributed by atoms with van der Waals surface area (Å²) in [6, 6.07) is 28.3. The van der Waals surface area contributed by atoms with E-state index in [2.05, 4.69) is 0 Å². The van der Waals surface area contributed by atoms with Gasteiger partial charge in [-0.15, -0.1) is 0 Å². The summed E-state index contributed by atoms with van der Waals surface area (Å²) < 4.78 is 21.4. The lowest BCUT2D eigenvalue weighted by Crippen LogP contribution is -2.40. The van der Waals surface area contributed by atoms with E-state index in [1.165, 1.54) is 24.6 Å². The zero-order chi connectivity index (χ0) is 40.4. The molecule has 0 aliphatic carbocycles. The molecule has 2 amide bonds. The molecule has 1 saturated heterocycles. The molecule has 0 bridgehead atoms. The van der Waals surface area contributed by atoms with Crippen molar-refractivity contribution in [1.82, 2.24) is 14.0 Å². The first kappa shape index (κ1) is 38.6. The molecule has 0 N–H and O–H groups in total. The van der Waals surface area contributed by atoms with E-state index in [9.17, 15) is 28.8 Å². The highest BCUT2D eigenvalue weighted by molar-refractivity contribution is 6.13. The fourth-order valence-electron chi connectivity index (χ4n) is 7.15. The fraction of sp³-hybridized carbons (Fsp3) is 0.244. The number of Topliss-reactive ketones (excluding diaryl/α,β-unsaturated/α-hetero) is 1. The van der Waals surface area contributed by atoms with Gasteiger partial charge in [0.05, 0.1) is 35.1 Å². The number of nitrogens with zero attached hydrogens (tertiary/aromatic N) is 3. The number of rotatable bonds is 11. The molecule has 4 aromatic carbocycles. The smallest absolute Gasteiger partial charge is 0.338 e. The van der Waals surface area contributed by atoms with Crippen LogP contribution < -0.4 is 0 Å². The maximum absolute atomic E-state index is 13.9. The summed E-state index contributed by atoms with van der Waals surface area (Å²) in [6.07, 6.45) is 0.876. The van der Waals surface area contributed by atoms with E-state index in [0.29, 0.717) is 33.1 Å². The number of carbonyl (C=O) groups excluding carboxylic acids is 6. The molecule has 0 unspecified atom stereocenters. The minimum atomic E-state index is -0.821. The minimum Gasteiger partial charge on any atom is -0.459 e. The first-order valence-electron chi connectivity index (χ1n) is 18.6. The lowest BCUT2D eigenvalue weighted by molar-refractivity contribution is -0.142. The van der Waals surface area contributed by atoms with Crippen LogP contribution in [0, 0.1) is 13.8 Å². The highest BCUT2D eigenvalue weighted by atomic mass is 16.6. The Morgan fingerprint density at radius 1 is 0.737 bits per heavy atom. The van der Waals surface area contributed by atoms with Crippen molar-refractivity contribution in [2.24, 2.45) is 0 Å². The van der Waals surface area contributed by atoms with Crippen molar-refractivity contribution >= 4 is 57.2 Å². The Balaban J connectivity index is 1.13. The minimum absolute atomic E-state index is 0.188. The van der Waals surface area contributed by atoms with Gasteiger partial charge in [-0.2, -0.15) is 0 Å². The molecule has 0 spiro atoms. The maximum atomic E-state index is 13.9. The predicted molar refractivity (Wildman–Crippen MR) is 211 cm³/mol. The summed E-state index contributed by atoms with van der Waals surface area (Å²) in [5.41, 5.74) is 4.79. The standard InChI is InChI=1S/C45H41N3O9/c1-27-13-17-31(18-14-27)44(53)55-26-41-40(57-45(54)32-19-15-28(2)16-20-32)22-43(56-41)48-23-33(34-9-5-7-11-37(34)48)21-42(52)47(30(4)50)25-39(51)36-24-46(29(3)49)38-12-8-6-10-35(36)38/h5-20,23-24,40-41,43H,21-22,25-26H2,1-4H3/t40-,41+,43+/m0/s1. The van der Waals surface area contributed by atoms with Crippen LogP contribution in [0.4, 0.5) is 0 Å². The first-order chi connectivity index (χ1) is 27.4. The van der Waals surface area contributed by atoms with Gasteiger partial charge < -0.3 is 18.8 Å². The number of amides is 2. The number of para-hydroxylation sites is 2. The van der Waals surface area contributed by atoms with E-state index in [1.807, 2.05) is 66.9 Å². The lowest BCUT2D eigenvalue weighted by atomic mass is 10.1. The highest BCUT2D eigenvalue weighted by Crippen LogP contribution is 2.36. The number of carbonyl (C=O) groups is 6. The summed E-state index contributed by atoms with van der Waals surface area (Å²) in [5.74, 6) is -3.06. The molecule has 1 aliphatic heterocycles. The van der Waals surface area contributed by atoms with Crippen LogP contribution in [0.3, 0.4) is 0 Å². The molecule has 0 saturated carbocycles. The van der Waals surface area contributed by atoms with E-state index in [4.69, 9.17) is 14.2 Å². The van der Waals surface area contributed by atoms with Gasteiger partial charge in [-0.1, -0.05) is 71.8 Å². The van der Waals surface area contributed by atoms with Crippen LogP contribution >= 0.6 is 0 Å². The van der Waals surface area contributed by atoms with Crippen LogP contribution in [0.2, 0.25) is 0 Å². The Morgan fingerprint density at radius 2 is 1.33 bits per heavy atom. The zero-order valence-corrected chi connectivity index (χ0v) is 32.0. The fourth-order valence-corrected chi connectivity index (χ4v) is 7.15. The normalized spacial score (nSPS) is 16.4. The van der Waals surface area contributed by atoms with E-state index in [0.717, 1.165) is 21.4 Å². The van der Waals surface area contributed by atoms with E-state index in [-0.39, 0.29) is 30.9 Å². The van der Waals surface area contributed by atoms with Gasteiger partial charge >= 0.3 is 11.9 Å². The van der Waals surface area contributed by atoms with Crippen molar-refractivity contribution in [2.45, 2.75) is 59.0 Å². The predicted octanol–water partition coefficient (Wildman–Crippen LogP) is 7.04. The summed E-state index contributed by atoms with van der Waals surface area (Å²) in [4.78, 5) is 79.9. The van der Waals surface area contributed by atoms with Gasteiger partial charge in [0.15, 0.2) is 5.78 Å². The summed E-state index contributed by atoms with van der Waals surface area (Å²) in [5, 5.41) is 1.26. The van der Waals surface area contributed by atoms with Gasteiger partial charge in [-0.25, -0.2) is 9.59 Å². The maximum Gasteiger partial charge on any atom is 0.338 e. The Hall–Kier alpha value is -6.66. The Kier molecular flexibility index (Phi) is 11.0. The molecule has 7 rings (SSSR count). The van der Waals surface area contributed by atoms with Crippen molar-refractivity contribution in [1.29, 1.82) is 0 Å². The van der Waals surface area contributed by atoms with Crippen molar-refractivity contribution in [3.63, 3.8) is 0 Å². The van der Waals surface area contributed by atoms with E-state index < -0.39 is 54.5 Å². The average Bonchev–Trinajstić information content (AvgIpc) is 3.90. The van der Waals surface area contributed by atoms with Crippen LogP contribution in [-0.2, 0) is 30.2 Å². The third kappa shape index (κ3) is 8.17.